The number of rotatable bonds is 5. The van der Waals surface area contributed by atoms with Crippen molar-refractivity contribution >= 4 is 23.3 Å². The average molecular weight is 460 g/mol. The molecule has 0 spiro atoms. The van der Waals surface area contributed by atoms with Gasteiger partial charge in [0, 0.05) is 25.0 Å². The molecule has 4 heterocycles. The molecule has 9 nitrogen and oxygen atoms in total. The van der Waals surface area contributed by atoms with Crippen LogP contribution in [0.4, 0.5) is 10.2 Å². The second kappa shape index (κ2) is 9.17. The highest BCUT2D eigenvalue weighted by molar-refractivity contribution is 6.30. The highest BCUT2D eigenvalue weighted by Crippen LogP contribution is 2.24. The predicted molar refractivity (Wildman–Crippen MR) is 116 cm³/mol. The fraction of sp³-hybridized carbons (Fsp3) is 0.381. The number of morpholine rings is 1. The summed E-state index contributed by atoms with van der Waals surface area (Å²) in [5.74, 6) is -0.789. The first-order valence-corrected chi connectivity index (χ1v) is 10.6. The van der Waals surface area contributed by atoms with Crippen LogP contribution in [0, 0.1) is 12.7 Å². The molecule has 4 rings (SSSR count). The molecule has 3 aromatic heterocycles. The van der Waals surface area contributed by atoms with E-state index in [4.69, 9.17) is 16.3 Å². The molecule has 1 aliphatic rings. The maximum atomic E-state index is 14.2. The summed E-state index contributed by atoms with van der Waals surface area (Å²) in [6.07, 6.45) is 3.95. The first-order chi connectivity index (χ1) is 15.3. The molecule has 32 heavy (non-hydrogen) atoms. The summed E-state index contributed by atoms with van der Waals surface area (Å²) in [6, 6.07) is 4.36. The summed E-state index contributed by atoms with van der Waals surface area (Å²) < 4.78 is 20.2. The summed E-state index contributed by atoms with van der Waals surface area (Å²) in [5.41, 5.74) is 1.42. The van der Waals surface area contributed by atoms with Crippen LogP contribution in [0.3, 0.4) is 0 Å². The molecular weight excluding hydrogens is 437 g/mol. The van der Waals surface area contributed by atoms with E-state index in [9.17, 15) is 9.18 Å². The lowest BCUT2D eigenvalue weighted by Gasteiger charge is -2.42. The molecule has 168 valence electrons. The lowest BCUT2D eigenvalue weighted by atomic mass is 10.0. The number of halogens is 2. The van der Waals surface area contributed by atoms with Gasteiger partial charge in [0.25, 0.3) is 5.91 Å². The highest BCUT2D eigenvalue weighted by Gasteiger charge is 2.37. The van der Waals surface area contributed by atoms with Gasteiger partial charge in [-0.3, -0.25) is 4.79 Å². The number of hydrogen-bond donors (Lipinski definition) is 1. The fourth-order valence-corrected chi connectivity index (χ4v) is 3.91. The van der Waals surface area contributed by atoms with Crippen LogP contribution in [0.15, 0.2) is 36.8 Å². The third-order valence-electron chi connectivity index (χ3n) is 5.24. The topological polar surface area (TPSA) is 98.1 Å². The lowest BCUT2D eigenvalue weighted by molar-refractivity contribution is -0.0880. The molecule has 3 aromatic rings. The van der Waals surface area contributed by atoms with Crippen molar-refractivity contribution in [3.05, 3.63) is 59.0 Å². The molecule has 1 N–H and O–H groups in total. The van der Waals surface area contributed by atoms with E-state index >= 15 is 0 Å². The van der Waals surface area contributed by atoms with Crippen LogP contribution in [-0.2, 0) is 4.74 Å². The van der Waals surface area contributed by atoms with Gasteiger partial charge >= 0.3 is 0 Å². The number of nitrogens with one attached hydrogen (secondary N) is 1. The predicted octanol–water partition coefficient (Wildman–Crippen LogP) is 2.89. The number of carbonyl (C=O) groups excluding carboxylic acids is 1. The van der Waals surface area contributed by atoms with E-state index in [0.717, 1.165) is 0 Å². The molecule has 0 bridgehead atoms. The normalized spacial score (nSPS) is 20.9. The van der Waals surface area contributed by atoms with Crippen molar-refractivity contribution in [2.45, 2.75) is 39.0 Å². The van der Waals surface area contributed by atoms with E-state index < -0.39 is 11.9 Å². The van der Waals surface area contributed by atoms with E-state index in [1.807, 2.05) is 20.8 Å². The molecule has 0 aliphatic carbocycles. The maximum Gasteiger partial charge on any atom is 0.275 e. The van der Waals surface area contributed by atoms with Gasteiger partial charge in [0.2, 0.25) is 0 Å². The zero-order valence-electron chi connectivity index (χ0n) is 17.9. The number of aryl methyl sites for hydroxylation is 1. The Labute approximate surface area is 189 Å². The van der Waals surface area contributed by atoms with Gasteiger partial charge in [-0.15, -0.1) is 4.80 Å². The molecule has 0 radical (unpaired) electrons. The Balaban J connectivity index is 1.64. The van der Waals surface area contributed by atoms with Crippen molar-refractivity contribution in [1.29, 1.82) is 0 Å². The molecule has 0 unspecified atom stereocenters. The maximum absolute atomic E-state index is 14.2. The monoisotopic (exact) mass is 459 g/mol. The Bertz CT molecular complexity index is 1110. The van der Waals surface area contributed by atoms with Gasteiger partial charge in [-0.05, 0) is 39.0 Å². The zero-order chi connectivity index (χ0) is 22.8. The van der Waals surface area contributed by atoms with Gasteiger partial charge in [0.1, 0.15) is 5.69 Å². The number of nitrogens with zero attached hydrogens (tertiary/aromatic N) is 6. The van der Waals surface area contributed by atoms with Gasteiger partial charge in [-0.2, -0.15) is 10.2 Å². The molecule has 1 aliphatic heterocycles. The van der Waals surface area contributed by atoms with Crippen LogP contribution in [-0.4, -0.2) is 67.1 Å². The van der Waals surface area contributed by atoms with Crippen molar-refractivity contribution in [2.75, 3.05) is 18.4 Å². The molecule has 1 saturated heterocycles. The molecule has 0 saturated carbocycles. The van der Waals surface area contributed by atoms with Crippen LogP contribution in [0.25, 0.3) is 5.69 Å². The number of carbonyl (C=O) groups is 1. The number of pyridine rings is 2. The summed E-state index contributed by atoms with van der Waals surface area (Å²) in [5, 5.41) is 11.5. The molecule has 1 fully saturated rings. The lowest BCUT2D eigenvalue weighted by Crippen LogP contribution is -2.58. The van der Waals surface area contributed by atoms with Crippen LogP contribution in [0.5, 0.6) is 0 Å². The SMILES string of the molecule is Cc1ccc(-n2nccn2)c(C(=O)N2C[C@@H](C)O[C@@H](C)[C@H]2CNc2ncc(Cl)cc2F)n1. The fourth-order valence-electron chi connectivity index (χ4n) is 3.77. The van der Waals surface area contributed by atoms with Crippen LogP contribution >= 0.6 is 11.6 Å². The second-order valence-corrected chi connectivity index (χ2v) is 8.12. The van der Waals surface area contributed by atoms with E-state index in [1.165, 1.54) is 29.5 Å². The molecular formula is C21H23ClFN7O2. The minimum absolute atomic E-state index is 0.0581. The number of amides is 1. The van der Waals surface area contributed by atoms with Crippen molar-refractivity contribution in [3.8, 4) is 5.69 Å². The van der Waals surface area contributed by atoms with Gasteiger partial charge in [0.05, 0.1) is 35.7 Å². The Hall–Kier alpha value is -3.11. The summed E-state index contributed by atoms with van der Waals surface area (Å²) in [7, 11) is 0. The third kappa shape index (κ3) is 4.56. The number of aromatic nitrogens is 5. The van der Waals surface area contributed by atoms with Gasteiger partial charge in [-0.25, -0.2) is 14.4 Å². The minimum atomic E-state index is -0.569. The van der Waals surface area contributed by atoms with Gasteiger partial charge in [-0.1, -0.05) is 11.6 Å². The van der Waals surface area contributed by atoms with Crippen LogP contribution in [0.1, 0.15) is 30.0 Å². The Morgan fingerprint density at radius 2 is 2.06 bits per heavy atom. The van der Waals surface area contributed by atoms with E-state index in [2.05, 4.69) is 25.5 Å². The molecule has 0 aromatic carbocycles. The number of anilines is 1. The van der Waals surface area contributed by atoms with E-state index in [1.54, 1.807) is 17.0 Å². The quantitative estimate of drug-likeness (QED) is 0.626. The van der Waals surface area contributed by atoms with Gasteiger partial charge < -0.3 is 15.0 Å². The van der Waals surface area contributed by atoms with Crippen molar-refractivity contribution in [1.82, 2.24) is 29.9 Å². The number of hydrogen-bond acceptors (Lipinski definition) is 7. The summed E-state index contributed by atoms with van der Waals surface area (Å²) >= 11 is 5.79. The van der Waals surface area contributed by atoms with Crippen LogP contribution in [0.2, 0.25) is 5.02 Å². The van der Waals surface area contributed by atoms with Crippen molar-refractivity contribution in [3.63, 3.8) is 0 Å². The summed E-state index contributed by atoms with van der Waals surface area (Å²) in [4.78, 5) is 25.3. The Morgan fingerprint density at radius 1 is 1.31 bits per heavy atom. The highest BCUT2D eigenvalue weighted by atomic mass is 35.5. The molecule has 3 atom stereocenters. The van der Waals surface area contributed by atoms with Gasteiger partial charge in [0.15, 0.2) is 17.3 Å². The zero-order valence-corrected chi connectivity index (χ0v) is 18.6. The largest absolute Gasteiger partial charge is 0.372 e. The Morgan fingerprint density at radius 3 is 2.78 bits per heavy atom. The second-order valence-electron chi connectivity index (χ2n) is 7.68. The standard InChI is InChI=1S/C21H23ClFN7O2/c1-12-4-5-17(30-26-6-7-27-30)19(28-12)21(31)29-11-13(2)32-14(3)18(29)10-25-20-16(23)8-15(22)9-24-20/h4-9,13-14,18H,10-11H2,1-3H3,(H,24,25)/t13-,14+,18-/m1/s1. The average Bonchev–Trinajstić information content (AvgIpc) is 3.28. The molecule has 1 amide bonds. The van der Waals surface area contributed by atoms with E-state index in [0.29, 0.717) is 17.9 Å². The molecule has 11 heteroatoms. The van der Waals surface area contributed by atoms with Crippen LogP contribution < -0.4 is 5.32 Å². The first-order valence-electron chi connectivity index (χ1n) is 10.2. The smallest absolute Gasteiger partial charge is 0.275 e. The summed E-state index contributed by atoms with van der Waals surface area (Å²) in [6.45, 7) is 6.18. The minimum Gasteiger partial charge on any atom is -0.372 e. The third-order valence-corrected chi connectivity index (χ3v) is 5.45. The number of ether oxygens (including phenoxy) is 1. The van der Waals surface area contributed by atoms with Crippen molar-refractivity contribution in [2.24, 2.45) is 0 Å². The van der Waals surface area contributed by atoms with Crippen molar-refractivity contribution < 1.29 is 13.9 Å². The van der Waals surface area contributed by atoms with E-state index in [-0.39, 0.29) is 41.2 Å². The first kappa shape index (κ1) is 22.1. The Kier molecular flexibility index (Phi) is 6.33.